The fraction of sp³-hybridized carbons (Fsp3) is 0.933. The van der Waals surface area contributed by atoms with Gasteiger partial charge in [-0.05, 0) is 118 Å². The van der Waals surface area contributed by atoms with Crippen molar-refractivity contribution < 1.29 is 24.5 Å². The Morgan fingerprint density at radius 3 is 2.20 bits per heavy atom. The van der Waals surface area contributed by atoms with Crippen LogP contribution in [0.4, 0.5) is 0 Å². The van der Waals surface area contributed by atoms with Crippen molar-refractivity contribution in [1.29, 1.82) is 0 Å². The van der Waals surface area contributed by atoms with Crippen LogP contribution >= 0.6 is 0 Å². The third-order valence-electron chi connectivity index (χ3n) is 13.3. The number of aliphatic hydroxyl groups excluding tert-OH is 1. The maximum atomic E-state index is 12.9. The van der Waals surface area contributed by atoms with E-state index in [-0.39, 0.29) is 45.4 Å². The Morgan fingerprint density at radius 2 is 1.54 bits per heavy atom. The van der Waals surface area contributed by atoms with Crippen molar-refractivity contribution >= 4 is 11.8 Å². The van der Waals surface area contributed by atoms with E-state index < -0.39 is 11.7 Å². The zero-order valence-corrected chi connectivity index (χ0v) is 22.9. The van der Waals surface area contributed by atoms with Crippen molar-refractivity contribution in [2.24, 2.45) is 51.2 Å². The van der Waals surface area contributed by atoms with Crippen molar-refractivity contribution in [3.8, 4) is 0 Å². The van der Waals surface area contributed by atoms with Gasteiger partial charge >= 0.3 is 5.97 Å². The molecule has 35 heavy (non-hydrogen) atoms. The Labute approximate surface area is 211 Å². The van der Waals surface area contributed by atoms with Gasteiger partial charge in [0.2, 0.25) is 0 Å². The summed E-state index contributed by atoms with van der Waals surface area (Å²) < 4.78 is 5.68. The minimum Gasteiger partial charge on any atom is -0.465 e. The SMILES string of the molecule is CC(=O)OC[C@]12CC[C@@H](C(C)=O)[C@@H]1[C@H]1CC[C@@H]3[C@@]4(C)CC[C@@H](O)[C@@](C)(O)[C@@H]4CC[C@@]3(C)[C@]1(C)CC2. The van der Waals surface area contributed by atoms with Gasteiger partial charge in [-0.25, -0.2) is 0 Å². The summed E-state index contributed by atoms with van der Waals surface area (Å²) in [6, 6.07) is 0. The summed E-state index contributed by atoms with van der Waals surface area (Å²) in [6.07, 6.45) is 9.34. The average molecular weight is 489 g/mol. The standard InChI is InChI=1S/C30H48O5/c1-18(31)20-9-14-30(17-35-19(2)32)16-15-27(4)21(25(20)30)7-8-22-26(3)12-11-24(33)29(6,34)23(26)10-13-28(22,27)5/h20-25,33-34H,7-17H2,1-6H3/t20-,21+,22+,23+,24+,25+,26+,27+,28+,29-,30+/m0/s1. The highest BCUT2D eigenvalue weighted by molar-refractivity contribution is 5.79. The molecular weight excluding hydrogens is 440 g/mol. The Morgan fingerprint density at radius 1 is 0.829 bits per heavy atom. The summed E-state index contributed by atoms with van der Waals surface area (Å²) in [4.78, 5) is 24.7. The van der Waals surface area contributed by atoms with E-state index in [0.717, 1.165) is 57.8 Å². The lowest BCUT2D eigenvalue weighted by molar-refractivity contribution is -0.265. The highest BCUT2D eigenvalue weighted by Gasteiger charge is 2.71. The lowest BCUT2D eigenvalue weighted by Gasteiger charge is -2.72. The molecule has 0 spiro atoms. The maximum Gasteiger partial charge on any atom is 0.302 e. The second-order valence-corrected chi connectivity index (χ2v) is 14.4. The molecule has 0 aromatic rings. The minimum atomic E-state index is -1.02. The summed E-state index contributed by atoms with van der Waals surface area (Å²) in [5.41, 5.74) is -0.810. The van der Waals surface area contributed by atoms with E-state index in [9.17, 15) is 19.8 Å². The molecule has 0 bridgehead atoms. The van der Waals surface area contributed by atoms with E-state index in [1.807, 2.05) is 6.92 Å². The molecule has 5 saturated carbocycles. The van der Waals surface area contributed by atoms with Crippen LogP contribution in [-0.2, 0) is 14.3 Å². The van der Waals surface area contributed by atoms with E-state index in [1.54, 1.807) is 6.92 Å². The monoisotopic (exact) mass is 488 g/mol. The molecule has 0 amide bonds. The summed E-state index contributed by atoms with van der Waals surface area (Å²) >= 11 is 0. The molecule has 0 aromatic carbocycles. The molecular formula is C30H48O5. The zero-order valence-electron chi connectivity index (χ0n) is 22.9. The lowest BCUT2D eigenvalue weighted by atomic mass is 9.33. The van der Waals surface area contributed by atoms with Gasteiger partial charge in [-0.15, -0.1) is 0 Å². The molecule has 5 fully saturated rings. The van der Waals surface area contributed by atoms with Gasteiger partial charge in [0.15, 0.2) is 0 Å². The number of Topliss-reactive ketones (excluding diaryl/α,β-unsaturated/α-hetero) is 1. The number of aliphatic hydroxyl groups is 2. The molecule has 5 aliphatic carbocycles. The van der Waals surface area contributed by atoms with Crippen LogP contribution in [0.1, 0.15) is 106 Å². The van der Waals surface area contributed by atoms with Gasteiger partial charge in [0.25, 0.3) is 0 Å². The first-order chi connectivity index (χ1) is 16.2. The largest absolute Gasteiger partial charge is 0.465 e. The number of esters is 1. The Hall–Kier alpha value is -0.940. The fourth-order valence-corrected chi connectivity index (χ4v) is 11.3. The third-order valence-corrected chi connectivity index (χ3v) is 13.3. The second kappa shape index (κ2) is 8.03. The van der Waals surface area contributed by atoms with Crippen LogP contribution in [0.3, 0.4) is 0 Å². The Bertz CT molecular complexity index is 897. The normalized spacial score (nSPS) is 55.2. The molecule has 0 aromatic heterocycles. The van der Waals surface area contributed by atoms with Crippen molar-refractivity contribution in [2.45, 2.75) is 117 Å². The number of fused-ring (bicyclic) bond motifs is 7. The average Bonchev–Trinajstić information content (AvgIpc) is 3.16. The number of ether oxygens (including phenoxy) is 1. The second-order valence-electron chi connectivity index (χ2n) is 14.4. The fourth-order valence-electron chi connectivity index (χ4n) is 11.3. The molecule has 5 heteroatoms. The van der Waals surface area contributed by atoms with Gasteiger partial charge in [0, 0.05) is 18.3 Å². The number of carbonyl (C=O) groups is 2. The van der Waals surface area contributed by atoms with Gasteiger partial charge in [-0.2, -0.15) is 0 Å². The van der Waals surface area contributed by atoms with Crippen molar-refractivity contribution in [2.75, 3.05) is 6.61 Å². The Kier molecular flexibility index (Phi) is 5.89. The molecule has 198 valence electrons. The van der Waals surface area contributed by atoms with Gasteiger partial charge in [-0.1, -0.05) is 20.8 Å². The molecule has 5 aliphatic rings. The molecule has 5 rings (SSSR count). The van der Waals surface area contributed by atoms with Crippen LogP contribution in [0.2, 0.25) is 0 Å². The number of hydrogen-bond acceptors (Lipinski definition) is 5. The van der Waals surface area contributed by atoms with Gasteiger partial charge < -0.3 is 14.9 Å². The molecule has 0 radical (unpaired) electrons. The van der Waals surface area contributed by atoms with Crippen LogP contribution in [0.15, 0.2) is 0 Å². The molecule has 11 atom stereocenters. The van der Waals surface area contributed by atoms with Crippen LogP contribution in [0.25, 0.3) is 0 Å². The molecule has 0 heterocycles. The predicted molar refractivity (Wildman–Crippen MR) is 134 cm³/mol. The first-order valence-corrected chi connectivity index (χ1v) is 14.3. The number of carbonyl (C=O) groups excluding carboxylic acids is 2. The summed E-state index contributed by atoms with van der Waals surface area (Å²) in [6.45, 7) is 13.1. The summed E-state index contributed by atoms with van der Waals surface area (Å²) in [5, 5.41) is 22.1. The van der Waals surface area contributed by atoms with E-state index in [0.29, 0.717) is 30.6 Å². The summed E-state index contributed by atoms with van der Waals surface area (Å²) in [5.74, 6) is 1.55. The molecule has 0 unspecified atom stereocenters. The van der Waals surface area contributed by atoms with E-state index in [4.69, 9.17) is 4.74 Å². The zero-order chi connectivity index (χ0) is 25.6. The number of ketones is 1. The maximum absolute atomic E-state index is 12.9. The highest BCUT2D eigenvalue weighted by Crippen LogP contribution is 2.76. The number of rotatable bonds is 3. The lowest BCUT2D eigenvalue weighted by Crippen LogP contribution is -2.68. The molecule has 0 saturated heterocycles. The Balaban J connectivity index is 1.53. The summed E-state index contributed by atoms with van der Waals surface area (Å²) in [7, 11) is 0. The van der Waals surface area contributed by atoms with Crippen molar-refractivity contribution in [3.63, 3.8) is 0 Å². The van der Waals surface area contributed by atoms with Crippen LogP contribution in [0.5, 0.6) is 0 Å². The minimum absolute atomic E-state index is 0.0195. The first kappa shape index (κ1) is 25.7. The third kappa shape index (κ3) is 3.32. The predicted octanol–water partition coefficient (Wildman–Crippen LogP) is 5.31. The van der Waals surface area contributed by atoms with Gasteiger partial charge in [0.05, 0.1) is 18.3 Å². The molecule has 0 aliphatic heterocycles. The number of hydrogen-bond donors (Lipinski definition) is 2. The van der Waals surface area contributed by atoms with E-state index in [2.05, 4.69) is 20.8 Å². The van der Waals surface area contributed by atoms with Crippen LogP contribution < -0.4 is 0 Å². The topological polar surface area (TPSA) is 83.8 Å². The van der Waals surface area contributed by atoms with Gasteiger partial charge in [-0.3, -0.25) is 9.59 Å². The highest BCUT2D eigenvalue weighted by atomic mass is 16.5. The van der Waals surface area contributed by atoms with Crippen molar-refractivity contribution in [1.82, 2.24) is 0 Å². The quantitative estimate of drug-likeness (QED) is 0.526. The van der Waals surface area contributed by atoms with Crippen LogP contribution in [-0.4, -0.2) is 40.3 Å². The van der Waals surface area contributed by atoms with E-state index in [1.165, 1.54) is 6.92 Å². The first-order valence-electron chi connectivity index (χ1n) is 14.3. The smallest absolute Gasteiger partial charge is 0.302 e. The van der Waals surface area contributed by atoms with Crippen molar-refractivity contribution in [3.05, 3.63) is 0 Å². The van der Waals surface area contributed by atoms with Gasteiger partial charge in [0.1, 0.15) is 5.78 Å². The molecule has 2 N–H and O–H groups in total. The van der Waals surface area contributed by atoms with Crippen LogP contribution in [0, 0.1) is 51.2 Å². The molecule has 5 nitrogen and oxygen atoms in total. The van der Waals surface area contributed by atoms with E-state index >= 15 is 0 Å².